The van der Waals surface area contributed by atoms with Gasteiger partial charge in [-0.05, 0) is 36.1 Å². The molecular formula is C23H22F3N5. The van der Waals surface area contributed by atoms with Crippen LogP contribution >= 0.6 is 0 Å². The predicted octanol–water partition coefficient (Wildman–Crippen LogP) is 6.16. The zero-order chi connectivity index (χ0) is 22.4. The van der Waals surface area contributed by atoms with Gasteiger partial charge in [-0.2, -0.15) is 22.7 Å². The van der Waals surface area contributed by atoms with Gasteiger partial charge < -0.3 is 5.32 Å². The van der Waals surface area contributed by atoms with E-state index in [1.54, 1.807) is 19.1 Å². The summed E-state index contributed by atoms with van der Waals surface area (Å²) in [7, 11) is 0. The number of benzene rings is 2. The van der Waals surface area contributed by atoms with Gasteiger partial charge in [0, 0.05) is 23.0 Å². The molecule has 0 atom stereocenters. The highest BCUT2D eigenvalue weighted by Crippen LogP contribution is 2.32. The zero-order valence-corrected chi connectivity index (χ0v) is 17.6. The Morgan fingerprint density at radius 1 is 0.871 bits per heavy atom. The summed E-state index contributed by atoms with van der Waals surface area (Å²) in [5.74, 6) is 1.34. The molecule has 4 rings (SSSR count). The summed E-state index contributed by atoms with van der Waals surface area (Å²) in [5, 5.41) is 7.56. The van der Waals surface area contributed by atoms with Crippen LogP contribution in [-0.4, -0.2) is 19.6 Å². The normalized spacial score (nSPS) is 12.4. The van der Waals surface area contributed by atoms with Gasteiger partial charge in [-0.25, -0.2) is 4.98 Å². The minimum atomic E-state index is -4.42. The van der Waals surface area contributed by atoms with Crippen molar-refractivity contribution in [2.75, 3.05) is 5.32 Å². The van der Waals surface area contributed by atoms with Crippen LogP contribution < -0.4 is 5.32 Å². The van der Waals surface area contributed by atoms with E-state index in [1.165, 1.54) is 16.1 Å². The number of halogens is 3. The highest BCUT2D eigenvalue weighted by molar-refractivity contribution is 5.63. The Kier molecular flexibility index (Phi) is 4.95. The third-order valence-electron chi connectivity index (χ3n) is 4.91. The quantitative estimate of drug-likeness (QED) is 0.427. The standard InChI is InChI=1S/C23H22F3N5/c1-14-12-19(28-18-7-5-6-17(13-18)23(24,25)26)31-21(27-14)29-20(30-31)15-8-10-16(11-9-15)22(2,3)4/h5-13,28H,1-4H3. The highest BCUT2D eigenvalue weighted by Gasteiger charge is 2.30. The first-order valence-electron chi connectivity index (χ1n) is 9.80. The molecule has 5 nitrogen and oxygen atoms in total. The molecule has 0 bridgehead atoms. The molecule has 0 saturated heterocycles. The van der Waals surface area contributed by atoms with Crippen LogP contribution in [0, 0.1) is 6.92 Å². The summed E-state index contributed by atoms with van der Waals surface area (Å²) < 4.78 is 40.7. The Balaban J connectivity index is 1.72. The molecule has 31 heavy (non-hydrogen) atoms. The molecule has 4 aromatic rings. The van der Waals surface area contributed by atoms with E-state index in [4.69, 9.17) is 0 Å². The van der Waals surface area contributed by atoms with E-state index in [9.17, 15) is 13.2 Å². The molecule has 0 spiro atoms. The lowest BCUT2D eigenvalue weighted by molar-refractivity contribution is -0.137. The number of nitrogens with zero attached hydrogens (tertiary/aromatic N) is 4. The Hall–Kier alpha value is -3.42. The van der Waals surface area contributed by atoms with E-state index < -0.39 is 11.7 Å². The first kappa shape index (κ1) is 20.8. The molecule has 160 valence electrons. The van der Waals surface area contributed by atoms with Crippen LogP contribution in [0.5, 0.6) is 0 Å². The molecule has 0 radical (unpaired) electrons. The van der Waals surface area contributed by atoms with Gasteiger partial charge in [0.1, 0.15) is 5.82 Å². The maximum atomic E-state index is 13.1. The summed E-state index contributed by atoms with van der Waals surface area (Å²) in [6.45, 7) is 8.22. The zero-order valence-electron chi connectivity index (χ0n) is 17.6. The fourth-order valence-electron chi connectivity index (χ4n) is 3.24. The molecule has 0 fully saturated rings. The lowest BCUT2D eigenvalue weighted by atomic mass is 9.87. The molecule has 2 aromatic heterocycles. The molecule has 8 heteroatoms. The van der Waals surface area contributed by atoms with Crippen LogP contribution in [0.4, 0.5) is 24.7 Å². The van der Waals surface area contributed by atoms with Crippen LogP contribution in [0.25, 0.3) is 17.2 Å². The first-order chi connectivity index (χ1) is 14.5. The minimum Gasteiger partial charge on any atom is -0.340 e. The van der Waals surface area contributed by atoms with Crippen molar-refractivity contribution in [3.63, 3.8) is 0 Å². The molecule has 0 unspecified atom stereocenters. The Bertz CT molecular complexity index is 1240. The third-order valence-corrected chi connectivity index (χ3v) is 4.91. The van der Waals surface area contributed by atoms with Crippen LogP contribution in [-0.2, 0) is 11.6 Å². The summed E-state index contributed by atoms with van der Waals surface area (Å²) >= 11 is 0. The fraction of sp³-hybridized carbons (Fsp3) is 0.261. The van der Waals surface area contributed by atoms with Gasteiger partial charge in [-0.1, -0.05) is 51.1 Å². The molecule has 1 N–H and O–H groups in total. The Labute approximate surface area is 178 Å². The maximum absolute atomic E-state index is 13.1. The van der Waals surface area contributed by atoms with Crippen LogP contribution in [0.2, 0.25) is 0 Å². The topological polar surface area (TPSA) is 55.1 Å². The van der Waals surface area contributed by atoms with E-state index in [0.717, 1.165) is 17.7 Å². The number of anilines is 2. The molecule has 0 aliphatic rings. The minimum absolute atomic E-state index is 0.0333. The second-order valence-electron chi connectivity index (χ2n) is 8.46. The van der Waals surface area contributed by atoms with Crippen molar-refractivity contribution in [1.29, 1.82) is 0 Å². The van der Waals surface area contributed by atoms with Crippen molar-refractivity contribution in [1.82, 2.24) is 19.6 Å². The number of fused-ring (bicyclic) bond motifs is 1. The van der Waals surface area contributed by atoms with Crippen molar-refractivity contribution < 1.29 is 13.2 Å². The van der Waals surface area contributed by atoms with E-state index in [0.29, 0.717) is 28.8 Å². The fourth-order valence-corrected chi connectivity index (χ4v) is 3.24. The Morgan fingerprint density at radius 3 is 2.23 bits per heavy atom. The van der Waals surface area contributed by atoms with Gasteiger partial charge in [-0.3, -0.25) is 0 Å². The largest absolute Gasteiger partial charge is 0.416 e. The average Bonchev–Trinajstić information content (AvgIpc) is 3.11. The van der Waals surface area contributed by atoms with Gasteiger partial charge in [0.05, 0.1) is 5.56 Å². The number of nitrogens with one attached hydrogen (secondary N) is 1. The second-order valence-corrected chi connectivity index (χ2v) is 8.46. The lowest BCUT2D eigenvalue weighted by Gasteiger charge is -2.18. The smallest absolute Gasteiger partial charge is 0.340 e. The molecule has 0 aliphatic carbocycles. The average molecular weight is 425 g/mol. The van der Waals surface area contributed by atoms with Crippen molar-refractivity contribution in [3.05, 3.63) is 71.4 Å². The summed E-state index contributed by atoms with van der Waals surface area (Å²) in [6, 6.07) is 14.7. The maximum Gasteiger partial charge on any atom is 0.416 e. The first-order valence-corrected chi connectivity index (χ1v) is 9.80. The van der Waals surface area contributed by atoms with E-state index in [1.807, 2.05) is 24.3 Å². The molecular weight excluding hydrogens is 403 g/mol. The predicted molar refractivity (Wildman–Crippen MR) is 114 cm³/mol. The van der Waals surface area contributed by atoms with Gasteiger partial charge in [0.25, 0.3) is 5.78 Å². The van der Waals surface area contributed by atoms with Gasteiger partial charge in [0.2, 0.25) is 0 Å². The van der Waals surface area contributed by atoms with E-state index in [2.05, 4.69) is 41.2 Å². The van der Waals surface area contributed by atoms with Crippen molar-refractivity contribution in [2.45, 2.75) is 39.3 Å². The number of hydrogen-bond donors (Lipinski definition) is 1. The molecule has 2 heterocycles. The highest BCUT2D eigenvalue weighted by atomic mass is 19.4. The van der Waals surface area contributed by atoms with Crippen LogP contribution in [0.1, 0.15) is 37.6 Å². The Morgan fingerprint density at radius 2 is 1.58 bits per heavy atom. The number of alkyl halides is 3. The third kappa shape index (κ3) is 4.38. The summed E-state index contributed by atoms with van der Waals surface area (Å²) in [6.07, 6.45) is -4.42. The van der Waals surface area contributed by atoms with Gasteiger partial charge in [-0.15, -0.1) is 5.10 Å². The summed E-state index contributed by atoms with van der Waals surface area (Å²) in [5.41, 5.74) is 2.31. The molecule has 0 saturated carbocycles. The SMILES string of the molecule is Cc1cc(Nc2cccc(C(F)(F)F)c2)n2nc(-c3ccc(C(C)(C)C)cc3)nc2n1. The van der Waals surface area contributed by atoms with Gasteiger partial charge in [0.15, 0.2) is 5.82 Å². The van der Waals surface area contributed by atoms with Crippen molar-refractivity contribution in [2.24, 2.45) is 0 Å². The number of aryl methyl sites for hydroxylation is 1. The van der Waals surface area contributed by atoms with Crippen molar-refractivity contribution in [3.8, 4) is 11.4 Å². The van der Waals surface area contributed by atoms with Crippen molar-refractivity contribution >= 4 is 17.3 Å². The number of rotatable bonds is 3. The van der Waals surface area contributed by atoms with Gasteiger partial charge >= 0.3 is 6.18 Å². The second kappa shape index (κ2) is 7.37. The van der Waals surface area contributed by atoms with E-state index in [-0.39, 0.29) is 5.41 Å². The monoisotopic (exact) mass is 425 g/mol. The molecule has 0 aliphatic heterocycles. The number of aromatic nitrogens is 4. The molecule has 2 aromatic carbocycles. The lowest BCUT2D eigenvalue weighted by Crippen LogP contribution is -2.10. The summed E-state index contributed by atoms with van der Waals surface area (Å²) in [4.78, 5) is 8.92. The molecule has 0 amide bonds. The van der Waals surface area contributed by atoms with E-state index >= 15 is 0 Å². The van der Waals surface area contributed by atoms with Crippen LogP contribution in [0.3, 0.4) is 0 Å². The van der Waals surface area contributed by atoms with Crippen LogP contribution in [0.15, 0.2) is 54.6 Å². The number of hydrogen-bond acceptors (Lipinski definition) is 4.